The van der Waals surface area contributed by atoms with E-state index in [1.54, 1.807) is 17.9 Å². The number of aliphatic imine (C=N–C) groups is 1. The lowest BCUT2D eigenvalue weighted by Gasteiger charge is -2.27. The zero-order valence-corrected chi connectivity index (χ0v) is 20.6. The van der Waals surface area contributed by atoms with Gasteiger partial charge in [-0.3, -0.25) is 14.6 Å². The summed E-state index contributed by atoms with van der Waals surface area (Å²) in [6, 6.07) is 10.1. The lowest BCUT2D eigenvalue weighted by Crippen LogP contribution is -2.34. The van der Waals surface area contributed by atoms with Crippen LogP contribution in [0, 0.1) is 0 Å². The van der Waals surface area contributed by atoms with Gasteiger partial charge in [-0.1, -0.05) is 0 Å². The first-order valence-corrected chi connectivity index (χ1v) is 11.5. The second kappa shape index (κ2) is 9.73. The van der Waals surface area contributed by atoms with Crippen molar-refractivity contribution < 1.29 is 9.84 Å². The number of hydrogen-bond acceptors (Lipinski definition) is 6. The fourth-order valence-electron chi connectivity index (χ4n) is 4.45. The Kier molecular flexibility index (Phi) is 6.75. The Bertz CT molecular complexity index is 1230. The number of fused-ring (bicyclic) bond motifs is 1. The lowest BCUT2D eigenvalue weighted by atomic mass is 10.0. The maximum atomic E-state index is 10.5. The van der Waals surface area contributed by atoms with E-state index < -0.39 is 0 Å². The van der Waals surface area contributed by atoms with Crippen LogP contribution in [-0.4, -0.2) is 52.7 Å². The second-order valence-corrected chi connectivity index (χ2v) is 8.99. The minimum atomic E-state index is 0.190. The summed E-state index contributed by atoms with van der Waals surface area (Å²) in [6.45, 7) is 12.7. The van der Waals surface area contributed by atoms with Gasteiger partial charge in [0.15, 0.2) is 0 Å². The first kappa shape index (κ1) is 23.6. The zero-order valence-electron chi connectivity index (χ0n) is 20.6. The summed E-state index contributed by atoms with van der Waals surface area (Å²) in [4.78, 5) is 8.92. The van der Waals surface area contributed by atoms with Gasteiger partial charge >= 0.3 is 0 Å². The van der Waals surface area contributed by atoms with E-state index in [0.29, 0.717) is 11.8 Å². The van der Waals surface area contributed by atoms with Crippen LogP contribution in [0.15, 0.2) is 47.7 Å². The van der Waals surface area contributed by atoms with Crippen LogP contribution in [0.5, 0.6) is 11.5 Å². The minimum Gasteiger partial charge on any atom is -0.508 e. The molecule has 3 aromatic rings. The number of hydrogen-bond donors (Lipinski definition) is 1. The van der Waals surface area contributed by atoms with Gasteiger partial charge in [0.25, 0.3) is 0 Å². The number of rotatable bonds is 6. The molecule has 0 atom stereocenters. The molecular weight excluding hydrogens is 426 g/mol. The van der Waals surface area contributed by atoms with Crippen molar-refractivity contribution in [1.82, 2.24) is 14.7 Å². The molecule has 178 valence electrons. The van der Waals surface area contributed by atoms with Crippen LogP contribution >= 0.6 is 0 Å². The summed E-state index contributed by atoms with van der Waals surface area (Å²) >= 11 is 0. The maximum absolute atomic E-state index is 10.5. The SMILES string of the molecule is C=Nc1ccc(N2CCN(C(C)C)Cc3c(OC)cc(O)cc32)cc1/C=C(\C)c1cnn(C)c1. The highest BCUT2D eigenvalue weighted by molar-refractivity contribution is 5.85. The molecule has 7 heteroatoms. The lowest BCUT2D eigenvalue weighted by molar-refractivity contribution is 0.221. The van der Waals surface area contributed by atoms with E-state index in [1.165, 1.54) is 0 Å². The fourth-order valence-corrected chi connectivity index (χ4v) is 4.45. The maximum Gasteiger partial charge on any atom is 0.129 e. The number of aromatic hydroxyl groups is 1. The predicted molar refractivity (Wildman–Crippen MR) is 140 cm³/mol. The van der Waals surface area contributed by atoms with E-state index in [2.05, 4.69) is 65.6 Å². The molecule has 1 aliphatic heterocycles. The van der Waals surface area contributed by atoms with Gasteiger partial charge in [-0.15, -0.1) is 0 Å². The summed E-state index contributed by atoms with van der Waals surface area (Å²) in [5.74, 6) is 0.889. The summed E-state index contributed by atoms with van der Waals surface area (Å²) in [5, 5.41) is 14.7. The number of ether oxygens (including phenoxy) is 1. The minimum absolute atomic E-state index is 0.190. The number of allylic oxidation sites excluding steroid dienone is 1. The third-order valence-corrected chi connectivity index (χ3v) is 6.41. The molecule has 0 spiro atoms. The molecule has 0 fully saturated rings. The van der Waals surface area contributed by atoms with Crippen molar-refractivity contribution in [2.24, 2.45) is 12.0 Å². The van der Waals surface area contributed by atoms with E-state index >= 15 is 0 Å². The number of nitrogens with zero attached hydrogens (tertiary/aromatic N) is 5. The molecule has 0 saturated carbocycles. The van der Waals surface area contributed by atoms with E-state index in [-0.39, 0.29) is 5.75 Å². The number of phenolic OH excluding ortho intramolecular Hbond substituents is 1. The smallest absolute Gasteiger partial charge is 0.129 e. The Morgan fingerprint density at radius 2 is 2.03 bits per heavy atom. The third-order valence-electron chi connectivity index (χ3n) is 6.41. The summed E-state index contributed by atoms with van der Waals surface area (Å²) in [5.41, 5.74) is 7.00. The zero-order chi connectivity index (χ0) is 24.4. The van der Waals surface area contributed by atoms with Crippen molar-refractivity contribution >= 4 is 35.4 Å². The molecule has 2 heterocycles. The van der Waals surface area contributed by atoms with E-state index in [0.717, 1.165) is 59.0 Å². The molecule has 0 saturated heterocycles. The van der Waals surface area contributed by atoms with Crippen LogP contribution in [-0.2, 0) is 13.6 Å². The number of benzene rings is 2. The van der Waals surface area contributed by atoms with Crippen molar-refractivity contribution in [2.45, 2.75) is 33.4 Å². The van der Waals surface area contributed by atoms with Crippen molar-refractivity contribution in [3.05, 3.63) is 59.4 Å². The molecular formula is C27H33N5O2. The fraction of sp³-hybridized carbons (Fsp3) is 0.333. The molecule has 0 aliphatic carbocycles. The van der Waals surface area contributed by atoms with E-state index in [4.69, 9.17) is 4.74 Å². The molecule has 1 aliphatic rings. The molecule has 34 heavy (non-hydrogen) atoms. The Balaban J connectivity index is 1.82. The van der Waals surface area contributed by atoms with Gasteiger partial charge in [-0.05, 0) is 57.3 Å². The number of phenols is 1. The van der Waals surface area contributed by atoms with Crippen LogP contribution < -0.4 is 9.64 Å². The van der Waals surface area contributed by atoms with Gasteiger partial charge in [-0.2, -0.15) is 5.10 Å². The summed E-state index contributed by atoms with van der Waals surface area (Å²) in [6.07, 6.45) is 5.97. The molecule has 7 nitrogen and oxygen atoms in total. The highest BCUT2D eigenvalue weighted by atomic mass is 16.5. The first-order valence-electron chi connectivity index (χ1n) is 11.5. The normalized spacial score (nSPS) is 14.8. The number of methoxy groups -OCH3 is 1. The van der Waals surface area contributed by atoms with Crippen LogP contribution in [0.3, 0.4) is 0 Å². The van der Waals surface area contributed by atoms with Crippen LogP contribution in [0.1, 0.15) is 37.5 Å². The molecule has 0 amide bonds. The van der Waals surface area contributed by atoms with Crippen molar-refractivity contribution in [1.29, 1.82) is 0 Å². The predicted octanol–water partition coefficient (Wildman–Crippen LogP) is 5.39. The monoisotopic (exact) mass is 459 g/mol. The van der Waals surface area contributed by atoms with Gasteiger partial charge in [0, 0.05) is 73.4 Å². The van der Waals surface area contributed by atoms with Crippen molar-refractivity contribution in [3.63, 3.8) is 0 Å². The molecule has 0 unspecified atom stereocenters. The van der Waals surface area contributed by atoms with Gasteiger partial charge < -0.3 is 14.7 Å². The number of aromatic nitrogens is 2. The van der Waals surface area contributed by atoms with Gasteiger partial charge in [0.05, 0.1) is 24.7 Å². The summed E-state index contributed by atoms with van der Waals surface area (Å²) < 4.78 is 7.47. The Morgan fingerprint density at radius 3 is 2.68 bits per heavy atom. The van der Waals surface area contributed by atoms with Gasteiger partial charge in [0.1, 0.15) is 11.5 Å². The largest absolute Gasteiger partial charge is 0.508 e. The van der Waals surface area contributed by atoms with Crippen LogP contribution in [0.25, 0.3) is 11.6 Å². The van der Waals surface area contributed by atoms with Crippen LogP contribution in [0.4, 0.5) is 17.1 Å². The van der Waals surface area contributed by atoms with E-state index in [1.807, 2.05) is 31.6 Å². The Hall–Kier alpha value is -3.58. The van der Waals surface area contributed by atoms with Gasteiger partial charge in [0.2, 0.25) is 0 Å². The van der Waals surface area contributed by atoms with Crippen molar-refractivity contribution in [3.8, 4) is 11.5 Å². The van der Waals surface area contributed by atoms with Crippen molar-refractivity contribution in [2.75, 3.05) is 25.1 Å². The van der Waals surface area contributed by atoms with Gasteiger partial charge in [-0.25, -0.2) is 0 Å². The van der Waals surface area contributed by atoms with E-state index in [9.17, 15) is 5.11 Å². The molecule has 0 radical (unpaired) electrons. The second-order valence-electron chi connectivity index (χ2n) is 8.99. The topological polar surface area (TPSA) is 66.1 Å². The molecule has 2 aromatic carbocycles. The Morgan fingerprint density at radius 1 is 1.24 bits per heavy atom. The average Bonchev–Trinajstić information content (AvgIpc) is 3.15. The molecule has 4 rings (SSSR count). The number of aryl methyl sites for hydroxylation is 1. The van der Waals surface area contributed by atoms with Crippen LogP contribution in [0.2, 0.25) is 0 Å². The standard InChI is InChI=1S/C27H33N5O2/c1-18(2)31-9-10-32(26-13-23(33)14-27(34-6)24(26)17-31)22-7-8-25(28-4)20(12-22)11-19(3)21-15-29-30(5)16-21/h7-8,11-16,18,33H,4,9-10,17H2,1-3,5-6H3/b19-11+. The quantitative estimate of drug-likeness (QED) is 0.501. The highest BCUT2D eigenvalue weighted by Gasteiger charge is 2.26. The molecule has 1 N–H and O–H groups in total. The average molecular weight is 460 g/mol. The first-order chi connectivity index (χ1) is 16.3. The molecule has 0 bridgehead atoms. The summed E-state index contributed by atoms with van der Waals surface area (Å²) in [7, 11) is 3.56. The third kappa shape index (κ3) is 4.70. The number of anilines is 2. The molecule has 1 aromatic heterocycles. The Labute approximate surface area is 201 Å². The highest BCUT2D eigenvalue weighted by Crippen LogP contribution is 2.41.